The number of aromatic nitrogens is 3. The number of thioether (sulfide) groups is 1. The predicted molar refractivity (Wildman–Crippen MR) is 98.4 cm³/mol. The molecule has 0 spiro atoms. The van der Waals surface area contributed by atoms with E-state index in [2.05, 4.69) is 10.2 Å². The number of nitro benzene ring substituents is 1. The lowest BCUT2D eigenvalue weighted by Crippen LogP contribution is -2.05. The molecule has 0 atom stereocenters. The van der Waals surface area contributed by atoms with Crippen LogP contribution in [0.15, 0.2) is 59.8 Å². The highest BCUT2D eigenvalue weighted by atomic mass is 32.2. The molecule has 1 heterocycles. The molecule has 1 aromatic heterocycles. The first kappa shape index (κ1) is 17.8. The standard InChI is InChI=1S/C18H16N4O3S/c1-21-17(10-13-6-3-2-4-7-13)19-20-18(21)26-12-16(23)14-8-5-9-15(11-14)22(24)25/h2-9,11H,10,12H2,1H3. The first-order valence-electron chi connectivity index (χ1n) is 7.87. The minimum Gasteiger partial charge on any atom is -0.309 e. The van der Waals surface area contributed by atoms with Crippen LogP contribution in [0.4, 0.5) is 5.69 Å². The number of Topliss-reactive ketones (excluding diaryl/α,β-unsaturated/α-hetero) is 1. The highest BCUT2D eigenvalue weighted by Crippen LogP contribution is 2.20. The summed E-state index contributed by atoms with van der Waals surface area (Å²) in [6, 6.07) is 15.7. The lowest BCUT2D eigenvalue weighted by Gasteiger charge is -2.04. The van der Waals surface area contributed by atoms with E-state index >= 15 is 0 Å². The Balaban J connectivity index is 1.66. The SMILES string of the molecule is Cn1c(Cc2ccccc2)nnc1SCC(=O)c1cccc([N+](=O)[O-])c1. The van der Waals surface area contributed by atoms with Crippen molar-refractivity contribution in [2.75, 3.05) is 5.75 Å². The van der Waals surface area contributed by atoms with E-state index in [9.17, 15) is 14.9 Å². The summed E-state index contributed by atoms with van der Waals surface area (Å²) >= 11 is 1.27. The van der Waals surface area contributed by atoms with Gasteiger partial charge < -0.3 is 4.57 Å². The molecular weight excluding hydrogens is 352 g/mol. The second-order valence-electron chi connectivity index (χ2n) is 5.64. The van der Waals surface area contributed by atoms with Crippen LogP contribution in [0, 0.1) is 10.1 Å². The fourth-order valence-corrected chi connectivity index (χ4v) is 3.23. The van der Waals surface area contributed by atoms with Crippen molar-refractivity contribution >= 4 is 23.2 Å². The van der Waals surface area contributed by atoms with Crippen molar-refractivity contribution in [1.29, 1.82) is 0 Å². The number of ketones is 1. The molecule has 0 unspecified atom stereocenters. The normalized spacial score (nSPS) is 10.7. The summed E-state index contributed by atoms with van der Waals surface area (Å²) in [7, 11) is 1.86. The molecule has 0 aliphatic heterocycles. The van der Waals surface area contributed by atoms with Gasteiger partial charge in [-0.1, -0.05) is 54.2 Å². The molecule has 8 heteroatoms. The summed E-state index contributed by atoms with van der Waals surface area (Å²) in [5, 5.41) is 19.8. The molecule has 0 radical (unpaired) electrons. The van der Waals surface area contributed by atoms with E-state index < -0.39 is 4.92 Å². The third-order valence-corrected chi connectivity index (χ3v) is 4.86. The number of benzene rings is 2. The van der Waals surface area contributed by atoms with E-state index in [1.165, 1.54) is 30.0 Å². The summed E-state index contributed by atoms with van der Waals surface area (Å²) < 4.78 is 1.86. The Labute approximate surface area is 154 Å². The van der Waals surface area contributed by atoms with Crippen LogP contribution < -0.4 is 0 Å². The molecule has 3 aromatic rings. The average molecular weight is 368 g/mol. The molecule has 0 aliphatic carbocycles. The van der Waals surface area contributed by atoms with Gasteiger partial charge in [0.2, 0.25) is 0 Å². The fraction of sp³-hybridized carbons (Fsp3) is 0.167. The van der Waals surface area contributed by atoms with E-state index in [1.807, 2.05) is 41.9 Å². The van der Waals surface area contributed by atoms with Gasteiger partial charge in [-0.2, -0.15) is 0 Å². The number of hydrogen-bond donors (Lipinski definition) is 0. The highest BCUT2D eigenvalue weighted by Gasteiger charge is 2.15. The van der Waals surface area contributed by atoms with Crippen LogP contribution in [0.5, 0.6) is 0 Å². The lowest BCUT2D eigenvalue weighted by atomic mass is 10.1. The number of carbonyl (C=O) groups is 1. The highest BCUT2D eigenvalue weighted by molar-refractivity contribution is 7.99. The number of nitrogens with zero attached hydrogens (tertiary/aromatic N) is 4. The second kappa shape index (κ2) is 7.92. The van der Waals surface area contributed by atoms with Gasteiger partial charge in [-0.25, -0.2) is 0 Å². The molecular formula is C18H16N4O3S. The van der Waals surface area contributed by atoms with Gasteiger partial charge in [0.05, 0.1) is 10.7 Å². The number of nitro groups is 1. The molecule has 26 heavy (non-hydrogen) atoms. The lowest BCUT2D eigenvalue weighted by molar-refractivity contribution is -0.384. The molecule has 7 nitrogen and oxygen atoms in total. The molecule has 0 saturated carbocycles. The minimum atomic E-state index is -0.511. The summed E-state index contributed by atoms with van der Waals surface area (Å²) in [5.41, 5.74) is 1.36. The zero-order valence-electron chi connectivity index (χ0n) is 14.0. The first-order valence-corrected chi connectivity index (χ1v) is 8.86. The molecule has 3 rings (SSSR count). The van der Waals surface area contributed by atoms with Crippen molar-refractivity contribution in [3.63, 3.8) is 0 Å². The number of rotatable bonds is 7. The van der Waals surface area contributed by atoms with Crippen LogP contribution in [0.2, 0.25) is 0 Å². The molecule has 0 saturated heterocycles. The van der Waals surface area contributed by atoms with Gasteiger partial charge in [-0.15, -0.1) is 10.2 Å². The second-order valence-corrected chi connectivity index (χ2v) is 6.58. The van der Waals surface area contributed by atoms with Crippen LogP contribution in [-0.4, -0.2) is 31.2 Å². The van der Waals surface area contributed by atoms with Gasteiger partial charge in [0.15, 0.2) is 10.9 Å². The van der Waals surface area contributed by atoms with Crippen molar-refractivity contribution in [2.45, 2.75) is 11.6 Å². The molecule has 0 N–H and O–H groups in total. The van der Waals surface area contributed by atoms with Gasteiger partial charge in [0, 0.05) is 31.2 Å². The van der Waals surface area contributed by atoms with E-state index in [4.69, 9.17) is 0 Å². The molecule has 2 aromatic carbocycles. The van der Waals surface area contributed by atoms with E-state index in [-0.39, 0.29) is 17.2 Å². The van der Waals surface area contributed by atoms with Crippen molar-refractivity contribution in [3.8, 4) is 0 Å². The summed E-state index contributed by atoms with van der Waals surface area (Å²) in [6.07, 6.45) is 0.656. The van der Waals surface area contributed by atoms with Crippen LogP contribution >= 0.6 is 11.8 Å². The molecule has 0 fully saturated rings. The largest absolute Gasteiger partial charge is 0.309 e. The Kier molecular flexibility index (Phi) is 5.43. The Morgan fingerprint density at radius 1 is 1.15 bits per heavy atom. The zero-order valence-corrected chi connectivity index (χ0v) is 14.8. The van der Waals surface area contributed by atoms with Crippen LogP contribution in [0.25, 0.3) is 0 Å². The molecule has 0 bridgehead atoms. The van der Waals surface area contributed by atoms with Gasteiger partial charge in [-0.05, 0) is 5.56 Å². The van der Waals surface area contributed by atoms with Crippen molar-refractivity contribution < 1.29 is 9.72 Å². The fourth-order valence-electron chi connectivity index (χ4n) is 2.41. The summed E-state index contributed by atoms with van der Waals surface area (Å²) in [6.45, 7) is 0. The number of carbonyl (C=O) groups excluding carboxylic acids is 1. The topological polar surface area (TPSA) is 90.9 Å². The Bertz CT molecular complexity index is 941. The molecule has 132 valence electrons. The number of non-ortho nitro benzene ring substituents is 1. The third-order valence-electron chi connectivity index (χ3n) is 3.84. The monoisotopic (exact) mass is 368 g/mol. The van der Waals surface area contributed by atoms with Gasteiger partial charge in [-0.3, -0.25) is 14.9 Å². The zero-order chi connectivity index (χ0) is 18.5. The quantitative estimate of drug-likeness (QED) is 0.275. The minimum absolute atomic E-state index is 0.0929. The third kappa shape index (κ3) is 4.15. The van der Waals surface area contributed by atoms with Crippen LogP contribution in [0.3, 0.4) is 0 Å². The summed E-state index contributed by atoms with van der Waals surface area (Å²) in [4.78, 5) is 22.6. The summed E-state index contributed by atoms with van der Waals surface area (Å²) in [5.74, 6) is 0.756. The first-order chi connectivity index (χ1) is 12.5. The van der Waals surface area contributed by atoms with Gasteiger partial charge in [0.25, 0.3) is 5.69 Å². The maximum atomic E-state index is 12.3. The van der Waals surface area contributed by atoms with Crippen molar-refractivity contribution in [2.24, 2.45) is 7.05 Å². The average Bonchev–Trinajstić information content (AvgIpc) is 3.00. The molecule has 0 aliphatic rings. The Morgan fingerprint density at radius 2 is 1.92 bits per heavy atom. The smallest absolute Gasteiger partial charge is 0.270 e. The predicted octanol–water partition coefficient (Wildman–Crippen LogP) is 3.29. The Morgan fingerprint density at radius 3 is 2.65 bits per heavy atom. The van der Waals surface area contributed by atoms with Crippen LogP contribution in [0.1, 0.15) is 21.7 Å². The van der Waals surface area contributed by atoms with E-state index in [0.717, 1.165) is 11.4 Å². The van der Waals surface area contributed by atoms with Crippen molar-refractivity contribution in [1.82, 2.24) is 14.8 Å². The van der Waals surface area contributed by atoms with E-state index in [0.29, 0.717) is 17.1 Å². The number of hydrogen-bond acceptors (Lipinski definition) is 6. The van der Waals surface area contributed by atoms with Gasteiger partial charge in [0.1, 0.15) is 5.82 Å². The maximum absolute atomic E-state index is 12.3. The van der Waals surface area contributed by atoms with E-state index in [1.54, 1.807) is 6.07 Å². The van der Waals surface area contributed by atoms with Crippen LogP contribution in [-0.2, 0) is 13.5 Å². The molecule has 0 amide bonds. The van der Waals surface area contributed by atoms with Crippen molar-refractivity contribution in [3.05, 3.63) is 81.7 Å². The maximum Gasteiger partial charge on any atom is 0.270 e. The van der Waals surface area contributed by atoms with Gasteiger partial charge >= 0.3 is 0 Å². The Hall–Kier alpha value is -3.00.